The lowest BCUT2D eigenvalue weighted by molar-refractivity contribution is 0.805. The van der Waals surface area contributed by atoms with Crippen LogP contribution in [0.15, 0.2) is 47.1 Å². The Morgan fingerprint density at radius 1 is 1.22 bits per heavy atom. The van der Waals surface area contributed by atoms with Crippen molar-refractivity contribution in [1.29, 1.82) is 0 Å². The minimum Gasteiger partial charge on any atom is -0.339 e. The number of fused-ring (bicyclic) bond motifs is 1. The molecule has 3 aromatic rings. The summed E-state index contributed by atoms with van der Waals surface area (Å²) < 4.78 is 0.915. The Bertz CT molecular complexity index is 678. The molecule has 3 N–H and O–H groups in total. The molecule has 18 heavy (non-hydrogen) atoms. The molecule has 0 spiro atoms. The summed E-state index contributed by atoms with van der Waals surface area (Å²) in [7, 11) is 0. The predicted molar refractivity (Wildman–Crippen MR) is 74.1 cm³/mol. The number of hydrogen-bond acceptors (Lipinski definition) is 3. The molecule has 5 heteroatoms. The van der Waals surface area contributed by atoms with Crippen molar-refractivity contribution >= 4 is 27.1 Å². The lowest BCUT2D eigenvalue weighted by Gasteiger charge is -2.07. The van der Waals surface area contributed by atoms with Crippen LogP contribution in [0.25, 0.3) is 11.2 Å². The van der Waals surface area contributed by atoms with Gasteiger partial charge in [-0.1, -0.05) is 30.3 Å². The van der Waals surface area contributed by atoms with Gasteiger partial charge in [0.25, 0.3) is 0 Å². The average molecular weight is 303 g/mol. The standard InChI is InChI=1S/C13H11BrN4/c14-9-6-10-12(16-7-9)18-13(17-10)11(15)8-4-2-1-3-5-8/h1-7,11H,15H2,(H,16,17,18). The summed E-state index contributed by atoms with van der Waals surface area (Å²) in [5, 5.41) is 0. The van der Waals surface area contributed by atoms with Crippen LogP contribution in [0.2, 0.25) is 0 Å². The molecule has 0 aliphatic heterocycles. The van der Waals surface area contributed by atoms with Crippen LogP contribution >= 0.6 is 15.9 Å². The van der Waals surface area contributed by atoms with Crippen LogP contribution in [0.5, 0.6) is 0 Å². The van der Waals surface area contributed by atoms with E-state index in [4.69, 9.17) is 5.73 Å². The highest BCUT2D eigenvalue weighted by atomic mass is 79.9. The van der Waals surface area contributed by atoms with Gasteiger partial charge in [0.1, 0.15) is 5.82 Å². The summed E-state index contributed by atoms with van der Waals surface area (Å²) in [5.74, 6) is 0.724. The number of nitrogens with two attached hydrogens (primary N) is 1. The van der Waals surface area contributed by atoms with E-state index in [2.05, 4.69) is 30.9 Å². The van der Waals surface area contributed by atoms with Gasteiger partial charge in [-0.3, -0.25) is 0 Å². The summed E-state index contributed by atoms with van der Waals surface area (Å²) in [5.41, 5.74) is 8.77. The number of nitrogens with one attached hydrogen (secondary N) is 1. The lowest BCUT2D eigenvalue weighted by Crippen LogP contribution is -2.13. The van der Waals surface area contributed by atoms with Crippen LogP contribution in [0, 0.1) is 0 Å². The zero-order chi connectivity index (χ0) is 12.5. The highest BCUT2D eigenvalue weighted by Crippen LogP contribution is 2.21. The number of aromatic nitrogens is 3. The minimum absolute atomic E-state index is 0.265. The third-order valence-corrected chi connectivity index (χ3v) is 3.21. The number of rotatable bonds is 2. The highest BCUT2D eigenvalue weighted by molar-refractivity contribution is 9.10. The summed E-state index contributed by atoms with van der Waals surface area (Å²) >= 11 is 3.38. The fourth-order valence-electron chi connectivity index (χ4n) is 1.86. The number of benzene rings is 1. The maximum Gasteiger partial charge on any atom is 0.177 e. The second-order valence-corrected chi connectivity index (χ2v) is 4.95. The zero-order valence-corrected chi connectivity index (χ0v) is 11.1. The topological polar surface area (TPSA) is 67.6 Å². The van der Waals surface area contributed by atoms with E-state index in [1.165, 1.54) is 0 Å². The average Bonchev–Trinajstić information content (AvgIpc) is 2.81. The fraction of sp³-hybridized carbons (Fsp3) is 0.0769. The summed E-state index contributed by atoms with van der Waals surface area (Å²) in [6.07, 6.45) is 1.72. The van der Waals surface area contributed by atoms with Crippen LogP contribution in [0.1, 0.15) is 17.4 Å². The molecule has 2 aromatic heterocycles. The monoisotopic (exact) mass is 302 g/mol. The van der Waals surface area contributed by atoms with Gasteiger partial charge >= 0.3 is 0 Å². The van der Waals surface area contributed by atoms with Crippen molar-refractivity contribution < 1.29 is 0 Å². The summed E-state index contributed by atoms with van der Waals surface area (Å²) in [6, 6.07) is 11.5. The van der Waals surface area contributed by atoms with Gasteiger partial charge in [-0.25, -0.2) is 9.97 Å². The minimum atomic E-state index is -0.265. The number of hydrogen-bond donors (Lipinski definition) is 2. The largest absolute Gasteiger partial charge is 0.339 e. The number of H-pyrrole nitrogens is 1. The van der Waals surface area contributed by atoms with Crippen LogP contribution in [-0.2, 0) is 0 Å². The molecule has 0 aliphatic rings. The number of aromatic amines is 1. The zero-order valence-electron chi connectivity index (χ0n) is 9.47. The number of imidazole rings is 1. The first-order chi connectivity index (χ1) is 8.74. The Kier molecular flexibility index (Phi) is 2.85. The summed E-state index contributed by atoms with van der Waals surface area (Å²) in [6.45, 7) is 0. The van der Waals surface area contributed by atoms with Crippen molar-refractivity contribution in [3.63, 3.8) is 0 Å². The van der Waals surface area contributed by atoms with Gasteiger partial charge in [0, 0.05) is 10.7 Å². The first-order valence-corrected chi connectivity index (χ1v) is 6.35. The third kappa shape index (κ3) is 2.02. The highest BCUT2D eigenvalue weighted by Gasteiger charge is 2.13. The van der Waals surface area contributed by atoms with E-state index < -0.39 is 0 Å². The second kappa shape index (κ2) is 4.51. The van der Waals surface area contributed by atoms with E-state index in [0.717, 1.165) is 21.4 Å². The molecule has 1 unspecified atom stereocenters. The first kappa shape index (κ1) is 11.4. The molecule has 0 saturated heterocycles. The van der Waals surface area contributed by atoms with Crippen molar-refractivity contribution in [1.82, 2.24) is 15.0 Å². The molecule has 0 bridgehead atoms. The molecule has 2 heterocycles. The molecular formula is C13H11BrN4. The van der Waals surface area contributed by atoms with Crippen LogP contribution in [-0.4, -0.2) is 15.0 Å². The van der Waals surface area contributed by atoms with E-state index in [9.17, 15) is 0 Å². The van der Waals surface area contributed by atoms with Gasteiger partial charge in [0.2, 0.25) is 0 Å². The van der Waals surface area contributed by atoms with Crippen molar-refractivity contribution in [2.75, 3.05) is 0 Å². The normalized spacial score (nSPS) is 12.8. The van der Waals surface area contributed by atoms with Crippen molar-refractivity contribution in [3.8, 4) is 0 Å². The number of nitrogens with zero attached hydrogens (tertiary/aromatic N) is 2. The van der Waals surface area contributed by atoms with Gasteiger partial charge in [0.15, 0.2) is 5.65 Å². The molecule has 4 nitrogen and oxygen atoms in total. The first-order valence-electron chi connectivity index (χ1n) is 5.56. The van der Waals surface area contributed by atoms with E-state index >= 15 is 0 Å². The van der Waals surface area contributed by atoms with Gasteiger partial charge in [0.05, 0.1) is 11.6 Å². The predicted octanol–water partition coefficient (Wildman–Crippen LogP) is 2.77. The van der Waals surface area contributed by atoms with Crippen LogP contribution in [0.4, 0.5) is 0 Å². The van der Waals surface area contributed by atoms with Crippen molar-refractivity contribution in [3.05, 3.63) is 58.5 Å². The van der Waals surface area contributed by atoms with Crippen molar-refractivity contribution in [2.24, 2.45) is 5.73 Å². The molecule has 0 saturated carbocycles. The number of pyridine rings is 1. The van der Waals surface area contributed by atoms with Crippen LogP contribution in [0.3, 0.4) is 0 Å². The van der Waals surface area contributed by atoms with E-state index in [0.29, 0.717) is 5.65 Å². The molecule has 0 aliphatic carbocycles. The maximum absolute atomic E-state index is 6.18. The second-order valence-electron chi connectivity index (χ2n) is 4.04. The van der Waals surface area contributed by atoms with E-state index in [1.807, 2.05) is 36.4 Å². The molecular weight excluding hydrogens is 292 g/mol. The molecule has 0 fully saturated rings. The molecule has 3 rings (SSSR count). The van der Waals surface area contributed by atoms with Gasteiger partial charge < -0.3 is 10.7 Å². The molecule has 0 amide bonds. The SMILES string of the molecule is NC(c1ccccc1)c1nc2ncc(Br)cc2[nH]1. The molecule has 90 valence electrons. The quantitative estimate of drug-likeness (QED) is 0.765. The Morgan fingerprint density at radius 3 is 2.78 bits per heavy atom. The number of halogens is 1. The Balaban J connectivity index is 2.04. The lowest BCUT2D eigenvalue weighted by atomic mass is 10.1. The maximum atomic E-state index is 6.18. The Morgan fingerprint density at radius 2 is 2.00 bits per heavy atom. The van der Waals surface area contributed by atoms with Gasteiger partial charge in [-0.2, -0.15) is 0 Å². The van der Waals surface area contributed by atoms with Gasteiger partial charge in [-0.15, -0.1) is 0 Å². The van der Waals surface area contributed by atoms with Gasteiger partial charge in [-0.05, 0) is 27.6 Å². The third-order valence-electron chi connectivity index (χ3n) is 2.78. The smallest absolute Gasteiger partial charge is 0.177 e. The van der Waals surface area contributed by atoms with Crippen LogP contribution < -0.4 is 5.73 Å². The van der Waals surface area contributed by atoms with Crippen molar-refractivity contribution in [2.45, 2.75) is 6.04 Å². The van der Waals surface area contributed by atoms with E-state index in [1.54, 1.807) is 6.20 Å². The molecule has 0 radical (unpaired) electrons. The molecule has 1 atom stereocenters. The summed E-state index contributed by atoms with van der Waals surface area (Å²) in [4.78, 5) is 11.9. The van der Waals surface area contributed by atoms with E-state index in [-0.39, 0.29) is 6.04 Å². The Labute approximate surface area is 112 Å². The fourth-order valence-corrected chi connectivity index (χ4v) is 2.19. The Hall–Kier alpha value is -1.72. The molecule has 1 aromatic carbocycles.